The van der Waals surface area contributed by atoms with Crippen LogP contribution in [0.5, 0.6) is 0 Å². The third-order valence-corrected chi connectivity index (χ3v) is 4.56. The molecule has 0 aliphatic heterocycles. The van der Waals surface area contributed by atoms with Crippen LogP contribution < -0.4 is 0 Å². The van der Waals surface area contributed by atoms with E-state index >= 15 is 0 Å². The standard InChI is InChI=1S/C16H26O3S/c1-16(2,3)14-19-11-7-12-20(17,18)13-10-15-8-5-4-6-9-15/h4-6,8-9H,7,10-14H2,1-3H3. The Morgan fingerprint density at radius 1 is 1.05 bits per heavy atom. The van der Waals surface area contributed by atoms with E-state index in [1.165, 1.54) is 0 Å². The summed E-state index contributed by atoms with van der Waals surface area (Å²) in [5, 5.41) is 0. The predicted molar refractivity (Wildman–Crippen MR) is 83.7 cm³/mol. The number of aryl methyl sites for hydroxylation is 1. The molecule has 4 heteroatoms. The van der Waals surface area contributed by atoms with Gasteiger partial charge in [-0.1, -0.05) is 51.1 Å². The predicted octanol–water partition coefficient (Wildman–Crippen LogP) is 3.10. The molecule has 0 fully saturated rings. The average Bonchev–Trinajstić information content (AvgIpc) is 2.36. The van der Waals surface area contributed by atoms with Gasteiger partial charge in [0.05, 0.1) is 18.1 Å². The second-order valence-electron chi connectivity index (χ2n) is 6.35. The average molecular weight is 298 g/mol. The van der Waals surface area contributed by atoms with Crippen molar-refractivity contribution in [3.05, 3.63) is 35.9 Å². The Morgan fingerprint density at radius 2 is 1.70 bits per heavy atom. The fourth-order valence-corrected chi connectivity index (χ4v) is 3.09. The Bertz CT molecular complexity index is 472. The van der Waals surface area contributed by atoms with Crippen LogP contribution in [0.25, 0.3) is 0 Å². The maximum Gasteiger partial charge on any atom is 0.150 e. The number of sulfone groups is 1. The van der Waals surface area contributed by atoms with Gasteiger partial charge in [-0.05, 0) is 23.8 Å². The molecular formula is C16H26O3S. The van der Waals surface area contributed by atoms with Crippen LogP contribution in [0.2, 0.25) is 0 Å². The molecular weight excluding hydrogens is 272 g/mol. The first-order valence-corrected chi connectivity index (χ1v) is 8.93. The van der Waals surface area contributed by atoms with E-state index in [0.717, 1.165) is 5.56 Å². The number of benzene rings is 1. The van der Waals surface area contributed by atoms with Gasteiger partial charge in [0, 0.05) is 6.61 Å². The first kappa shape index (κ1) is 17.2. The molecule has 0 spiro atoms. The molecule has 0 N–H and O–H groups in total. The molecule has 0 aliphatic carbocycles. The van der Waals surface area contributed by atoms with E-state index in [-0.39, 0.29) is 16.9 Å². The highest BCUT2D eigenvalue weighted by Gasteiger charge is 2.12. The van der Waals surface area contributed by atoms with Crippen LogP contribution in [-0.2, 0) is 21.0 Å². The quantitative estimate of drug-likeness (QED) is 0.693. The summed E-state index contributed by atoms with van der Waals surface area (Å²) in [5.41, 5.74) is 1.20. The molecule has 0 amide bonds. The topological polar surface area (TPSA) is 43.4 Å². The van der Waals surface area contributed by atoms with Gasteiger partial charge < -0.3 is 4.74 Å². The summed E-state index contributed by atoms with van der Waals surface area (Å²) < 4.78 is 29.3. The van der Waals surface area contributed by atoms with Crippen LogP contribution in [0.15, 0.2) is 30.3 Å². The third-order valence-electron chi connectivity index (χ3n) is 2.82. The minimum Gasteiger partial charge on any atom is -0.381 e. The van der Waals surface area contributed by atoms with Crippen molar-refractivity contribution in [1.82, 2.24) is 0 Å². The van der Waals surface area contributed by atoms with Gasteiger partial charge in [-0.3, -0.25) is 0 Å². The van der Waals surface area contributed by atoms with Crippen LogP contribution in [0.3, 0.4) is 0 Å². The molecule has 1 aromatic carbocycles. The van der Waals surface area contributed by atoms with Crippen LogP contribution >= 0.6 is 0 Å². The van der Waals surface area contributed by atoms with Crippen molar-refractivity contribution >= 4 is 9.84 Å². The molecule has 0 aliphatic rings. The summed E-state index contributed by atoms with van der Waals surface area (Å²) in [6.45, 7) is 7.48. The van der Waals surface area contributed by atoms with E-state index in [0.29, 0.717) is 26.1 Å². The zero-order valence-corrected chi connectivity index (χ0v) is 13.6. The Hall–Kier alpha value is -0.870. The van der Waals surface area contributed by atoms with Gasteiger partial charge in [0.15, 0.2) is 9.84 Å². The van der Waals surface area contributed by atoms with Crippen LogP contribution in [0.4, 0.5) is 0 Å². The summed E-state index contributed by atoms with van der Waals surface area (Å²) in [7, 11) is -2.98. The zero-order chi connectivity index (χ0) is 15.1. The summed E-state index contributed by atoms with van der Waals surface area (Å²) in [4.78, 5) is 0. The highest BCUT2D eigenvalue weighted by atomic mass is 32.2. The molecule has 1 rings (SSSR count). The highest BCUT2D eigenvalue weighted by molar-refractivity contribution is 7.91. The molecule has 20 heavy (non-hydrogen) atoms. The van der Waals surface area contributed by atoms with Crippen molar-refractivity contribution in [1.29, 1.82) is 0 Å². The van der Waals surface area contributed by atoms with Gasteiger partial charge >= 0.3 is 0 Å². The second-order valence-corrected chi connectivity index (χ2v) is 8.66. The van der Waals surface area contributed by atoms with Crippen molar-refractivity contribution < 1.29 is 13.2 Å². The van der Waals surface area contributed by atoms with Gasteiger partial charge in [0.2, 0.25) is 0 Å². The fourth-order valence-electron chi connectivity index (χ4n) is 1.78. The first-order valence-electron chi connectivity index (χ1n) is 7.11. The van der Waals surface area contributed by atoms with Crippen molar-refractivity contribution in [3.8, 4) is 0 Å². The second kappa shape index (κ2) is 7.79. The molecule has 0 radical (unpaired) electrons. The molecule has 0 saturated heterocycles. The molecule has 0 aromatic heterocycles. The van der Waals surface area contributed by atoms with Crippen molar-refractivity contribution in [2.75, 3.05) is 24.7 Å². The minimum atomic E-state index is -2.98. The lowest BCUT2D eigenvalue weighted by Crippen LogP contribution is -2.18. The van der Waals surface area contributed by atoms with Crippen LogP contribution in [-0.4, -0.2) is 33.1 Å². The van der Waals surface area contributed by atoms with Gasteiger partial charge in [-0.2, -0.15) is 0 Å². The molecule has 0 bridgehead atoms. The molecule has 0 atom stereocenters. The summed E-state index contributed by atoms with van der Waals surface area (Å²) >= 11 is 0. The lowest BCUT2D eigenvalue weighted by Gasteiger charge is -2.17. The monoisotopic (exact) mass is 298 g/mol. The van der Waals surface area contributed by atoms with E-state index in [1.807, 2.05) is 30.3 Å². The number of ether oxygens (including phenoxy) is 1. The Kier molecular flexibility index (Phi) is 6.69. The van der Waals surface area contributed by atoms with Gasteiger partial charge in [-0.25, -0.2) is 8.42 Å². The molecule has 0 heterocycles. The normalized spacial score (nSPS) is 12.6. The molecule has 0 saturated carbocycles. The fraction of sp³-hybridized carbons (Fsp3) is 0.625. The van der Waals surface area contributed by atoms with E-state index in [4.69, 9.17) is 4.74 Å². The highest BCUT2D eigenvalue weighted by Crippen LogP contribution is 2.13. The van der Waals surface area contributed by atoms with Gasteiger partial charge in [0.1, 0.15) is 0 Å². The summed E-state index contributed by atoms with van der Waals surface area (Å²) in [6.07, 6.45) is 1.17. The number of hydrogen-bond acceptors (Lipinski definition) is 3. The first-order chi connectivity index (χ1) is 9.29. The smallest absolute Gasteiger partial charge is 0.150 e. The van der Waals surface area contributed by atoms with E-state index in [2.05, 4.69) is 20.8 Å². The van der Waals surface area contributed by atoms with Gasteiger partial charge in [0.25, 0.3) is 0 Å². The Morgan fingerprint density at radius 3 is 2.30 bits per heavy atom. The largest absolute Gasteiger partial charge is 0.381 e. The van der Waals surface area contributed by atoms with E-state index < -0.39 is 9.84 Å². The SMILES string of the molecule is CC(C)(C)COCCCS(=O)(=O)CCc1ccccc1. The number of hydrogen-bond donors (Lipinski definition) is 0. The van der Waals surface area contributed by atoms with Crippen LogP contribution in [0, 0.1) is 5.41 Å². The molecule has 0 unspecified atom stereocenters. The lowest BCUT2D eigenvalue weighted by atomic mass is 9.99. The molecule has 1 aromatic rings. The van der Waals surface area contributed by atoms with E-state index in [1.54, 1.807) is 0 Å². The van der Waals surface area contributed by atoms with Gasteiger partial charge in [-0.15, -0.1) is 0 Å². The number of rotatable bonds is 8. The zero-order valence-electron chi connectivity index (χ0n) is 12.8. The maximum atomic E-state index is 11.9. The van der Waals surface area contributed by atoms with Crippen molar-refractivity contribution in [2.45, 2.75) is 33.6 Å². The minimum absolute atomic E-state index is 0.131. The molecule has 3 nitrogen and oxygen atoms in total. The molecule has 114 valence electrons. The maximum absolute atomic E-state index is 11.9. The summed E-state index contributed by atoms with van der Waals surface area (Å²) in [5.74, 6) is 0.431. The third kappa shape index (κ3) is 8.33. The van der Waals surface area contributed by atoms with Crippen molar-refractivity contribution in [3.63, 3.8) is 0 Å². The summed E-state index contributed by atoms with van der Waals surface area (Å²) in [6, 6.07) is 9.72. The Balaban J connectivity index is 2.22. The van der Waals surface area contributed by atoms with E-state index in [9.17, 15) is 8.42 Å². The van der Waals surface area contributed by atoms with Crippen molar-refractivity contribution in [2.24, 2.45) is 5.41 Å². The Labute approximate surface area is 123 Å². The lowest BCUT2D eigenvalue weighted by molar-refractivity contribution is 0.0720. The van der Waals surface area contributed by atoms with Crippen LogP contribution in [0.1, 0.15) is 32.8 Å².